The Morgan fingerprint density at radius 3 is 0.957 bits per heavy atom. The van der Waals surface area contributed by atoms with Crippen LogP contribution in [0.4, 0.5) is 0 Å². The molecule has 2 heterocycles. The molecule has 0 amide bonds. The summed E-state index contributed by atoms with van der Waals surface area (Å²) in [5.74, 6) is 0.560. The number of rotatable bonds is 5. The lowest BCUT2D eigenvalue weighted by Gasteiger charge is -2.30. The molecule has 0 spiro atoms. The van der Waals surface area contributed by atoms with E-state index in [-0.39, 0.29) is 193 Å². The van der Waals surface area contributed by atoms with Crippen molar-refractivity contribution in [3.8, 4) is 56.4 Å². The molecule has 0 saturated heterocycles. The third-order valence-corrected chi connectivity index (χ3v) is 13.0. The average Bonchev–Trinajstić information content (AvgIpc) is 3.75. The molecule has 10 rings (SSSR count). The molecule has 0 N–H and O–H groups in total. The predicted molar refractivity (Wildman–Crippen MR) is 312 cm³/mol. The van der Waals surface area contributed by atoms with Gasteiger partial charge in [0.15, 0.2) is 17.5 Å². The number of furan rings is 1. The van der Waals surface area contributed by atoms with Crippen LogP contribution in [0, 0.1) is 0 Å². The van der Waals surface area contributed by atoms with Crippen LogP contribution in [0.3, 0.4) is 0 Å². The predicted octanol–water partition coefficient (Wildman–Crippen LogP) is -10.5. The maximum Gasteiger partial charge on any atom is 0.167 e. The van der Waals surface area contributed by atoms with Gasteiger partial charge in [0.2, 0.25) is 0 Å². The zero-order valence-corrected chi connectivity index (χ0v) is 37.0. The van der Waals surface area contributed by atoms with E-state index >= 15 is 0 Å². The second kappa shape index (κ2) is 17.3. The van der Waals surface area contributed by atoms with Crippen molar-refractivity contribution in [2.45, 2.75) is 0 Å². The summed E-state index contributed by atoms with van der Waals surface area (Å²) in [5.41, 5.74) is 0.259. The summed E-state index contributed by atoms with van der Waals surface area (Å²) in [6.07, 6.45) is 0. The van der Waals surface area contributed by atoms with Crippen LogP contribution in [-0.2, 0) is 0 Å². The lowest BCUT2D eigenvalue weighted by atomic mass is 9.55. The molecule has 2 aromatic heterocycles. The van der Waals surface area contributed by atoms with Crippen LogP contribution in [0.25, 0.3) is 99.9 Å². The van der Waals surface area contributed by atoms with Crippen molar-refractivity contribution in [3.05, 3.63) is 60.7 Å². The fraction of sp³-hybridized carbons (Fsp3) is 0. The molecular formula is C47H10B19N3O. The van der Waals surface area contributed by atoms with Crippen molar-refractivity contribution >= 4 is 296 Å². The Morgan fingerprint density at radius 1 is 0.229 bits per heavy atom. The number of fused-ring (bicyclic) bond motifs is 6. The van der Waals surface area contributed by atoms with Gasteiger partial charge >= 0.3 is 0 Å². The summed E-state index contributed by atoms with van der Waals surface area (Å²) >= 11 is 0. The second-order valence-corrected chi connectivity index (χ2v) is 16.8. The van der Waals surface area contributed by atoms with Gasteiger partial charge < -0.3 is 4.42 Å². The average molecular weight is 838 g/mol. The zero-order valence-electron chi connectivity index (χ0n) is 37.0. The molecule has 276 valence electrons. The first-order valence-electron chi connectivity index (χ1n) is 21.1. The number of nitrogens with zero attached hydrogens (tertiary/aromatic N) is 3. The zero-order chi connectivity index (χ0) is 50.3. The monoisotopic (exact) mass is 841 g/mol. The topological polar surface area (TPSA) is 51.8 Å². The molecular weight excluding hydrogens is 828 g/mol. The molecule has 70 heavy (non-hydrogen) atoms. The van der Waals surface area contributed by atoms with Crippen molar-refractivity contribution < 1.29 is 4.42 Å². The van der Waals surface area contributed by atoms with Crippen molar-refractivity contribution in [2.75, 3.05) is 0 Å². The van der Waals surface area contributed by atoms with E-state index in [4.69, 9.17) is 168 Å². The van der Waals surface area contributed by atoms with Crippen LogP contribution in [0.5, 0.6) is 0 Å². The normalized spacial score (nSPS) is 11.7. The molecule has 0 saturated carbocycles. The molecule has 8 aromatic carbocycles. The first-order chi connectivity index (χ1) is 33.2. The van der Waals surface area contributed by atoms with Crippen molar-refractivity contribution in [3.63, 3.8) is 0 Å². The standard InChI is InChI=1S/C47H10B19N3O/c48-24-14(27(51)32(56)18-15(24)34(58)39(63)40(64)35(18)59)17-30(54)28(52)16(29(53)31(17)55)13-25(49)21-22-37(61)33(57)19-20(38(62)42(66)41(65)36(19)60)43(22)70-44(21)23(26(13)50)47-68-45(11-7-3-1-4-8-11)67-46(69-47)12-9-5-2-6-10-12/h1-10H. The van der Waals surface area contributed by atoms with E-state index in [0.717, 1.165) is 0 Å². The lowest BCUT2D eigenvalue weighted by molar-refractivity contribution is 0.674. The third-order valence-electron chi connectivity index (χ3n) is 13.0. The molecule has 0 unspecified atom stereocenters. The molecule has 0 aliphatic heterocycles. The summed E-state index contributed by atoms with van der Waals surface area (Å²) in [6, 6.07) is 18.4. The molecule has 38 radical (unpaired) electrons. The van der Waals surface area contributed by atoms with E-state index < -0.39 is 0 Å². The van der Waals surface area contributed by atoms with Crippen LogP contribution in [-0.4, -0.2) is 164 Å². The van der Waals surface area contributed by atoms with E-state index in [1.165, 1.54) is 0 Å². The van der Waals surface area contributed by atoms with Gasteiger partial charge in [-0.15, -0.1) is 21.9 Å². The summed E-state index contributed by atoms with van der Waals surface area (Å²) < 4.78 is 6.84. The quantitative estimate of drug-likeness (QED) is 0.162. The minimum Gasteiger partial charge on any atom is -0.455 e. The highest BCUT2D eigenvalue weighted by Gasteiger charge is 2.30. The van der Waals surface area contributed by atoms with E-state index in [0.29, 0.717) is 11.1 Å². The van der Waals surface area contributed by atoms with Crippen LogP contribution in [0.2, 0.25) is 0 Å². The van der Waals surface area contributed by atoms with Crippen LogP contribution in [0.15, 0.2) is 65.1 Å². The lowest BCUT2D eigenvalue weighted by Crippen LogP contribution is -2.53. The summed E-state index contributed by atoms with van der Waals surface area (Å²) in [4.78, 5) is 14.8. The van der Waals surface area contributed by atoms with Gasteiger partial charge in [-0.3, -0.25) is 0 Å². The molecule has 0 bridgehead atoms. The molecule has 0 aliphatic rings. The van der Waals surface area contributed by atoms with E-state index in [1.54, 1.807) is 0 Å². The van der Waals surface area contributed by atoms with Gasteiger partial charge in [0.25, 0.3) is 0 Å². The maximum atomic E-state index is 7.39. The number of hydrogen-bond acceptors (Lipinski definition) is 4. The molecule has 10 aromatic rings. The maximum absolute atomic E-state index is 7.39. The molecule has 23 heteroatoms. The minimum atomic E-state index is -0.177. The highest BCUT2D eigenvalue weighted by molar-refractivity contribution is 6.75. The van der Waals surface area contributed by atoms with Crippen molar-refractivity contribution in [1.29, 1.82) is 0 Å². The highest BCUT2D eigenvalue weighted by atomic mass is 16.3. The smallest absolute Gasteiger partial charge is 0.167 e. The summed E-state index contributed by atoms with van der Waals surface area (Å²) in [7, 11) is 128. The summed E-state index contributed by atoms with van der Waals surface area (Å²) in [5, 5.41) is 1.00. The Kier molecular flexibility index (Phi) is 11.8. The Labute approximate surface area is 430 Å². The molecule has 4 nitrogen and oxygen atoms in total. The third kappa shape index (κ3) is 6.75. The van der Waals surface area contributed by atoms with Gasteiger partial charge in [-0.1, -0.05) is 143 Å². The largest absolute Gasteiger partial charge is 0.455 e. The fourth-order valence-corrected chi connectivity index (χ4v) is 9.40. The Morgan fingerprint density at radius 2 is 0.500 bits per heavy atom. The van der Waals surface area contributed by atoms with E-state index in [1.807, 2.05) is 60.7 Å². The second-order valence-electron chi connectivity index (χ2n) is 16.8. The first kappa shape index (κ1) is 48.0. The van der Waals surface area contributed by atoms with E-state index in [2.05, 4.69) is 0 Å². The van der Waals surface area contributed by atoms with Crippen LogP contribution < -0.4 is 104 Å². The van der Waals surface area contributed by atoms with Gasteiger partial charge in [-0.2, -0.15) is 0 Å². The fourth-order valence-electron chi connectivity index (χ4n) is 9.40. The first-order valence-corrected chi connectivity index (χ1v) is 21.1. The Bertz CT molecular complexity index is 3910. The summed E-state index contributed by atoms with van der Waals surface area (Å²) in [6.45, 7) is 0. The Balaban J connectivity index is 1.38. The molecule has 0 fully saturated rings. The van der Waals surface area contributed by atoms with Crippen molar-refractivity contribution in [2.24, 2.45) is 0 Å². The van der Waals surface area contributed by atoms with Crippen molar-refractivity contribution in [1.82, 2.24) is 15.0 Å². The highest BCUT2D eigenvalue weighted by Crippen LogP contribution is 2.37. The number of hydrogen-bond donors (Lipinski definition) is 0. The number of aromatic nitrogens is 3. The van der Waals surface area contributed by atoms with Gasteiger partial charge in [0, 0.05) is 27.3 Å². The minimum absolute atomic E-state index is 0.00230. The van der Waals surface area contributed by atoms with Gasteiger partial charge in [-0.25, -0.2) is 15.0 Å². The van der Waals surface area contributed by atoms with Gasteiger partial charge in [0.1, 0.15) is 160 Å². The van der Waals surface area contributed by atoms with Crippen LogP contribution in [0.1, 0.15) is 0 Å². The number of benzene rings is 8. The van der Waals surface area contributed by atoms with E-state index in [9.17, 15) is 0 Å². The SMILES string of the molecule is [B]c1c([B])c(-c2c([B])c(-c3nc(-c4ccccc4)nc(-c4ccccc4)n3)c3oc4c5c([B])c([B])c([B])c([B])c5c([B])c([B])c4c3c2[B])c([B])c([B])c1-c1c([B])c([B])c2c([B])c([B])c([B])c([B])c2c1[B]. The van der Waals surface area contributed by atoms with Gasteiger partial charge in [0.05, 0.1) is 5.56 Å². The molecule has 0 atom stereocenters. The molecule has 0 aliphatic carbocycles. The van der Waals surface area contributed by atoms with Gasteiger partial charge in [-0.05, 0) is 38.4 Å². The Hall–Kier alpha value is -5.68. The van der Waals surface area contributed by atoms with Crippen LogP contribution >= 0.6 is 0 Å².